The molecule has 3 aromatic rings. The van der Waals surface area contributed by atoms with Crippen LogP contribution in [0.2, 0.25) is 0 Å². The highest BCUT2D eigenvalue weighted by Gasteiger charge is 2.12. The van der Waals surface area contributed by atoms with Gasteiger partial charge in [0.05, 0.1) is 0 Å². The second-order valence-electron chi connectivity index (χ2n) is 4.74. The van der Waals surface area contributed by atoms with Crippen molar-refractivity contribution in [1.82, 2.24) is 9.55 Å². The van der Waals surface area contributed by atoms with Crippen molar-refractivity contribution < 1.29 is 0 Å². The Morgan fingerprint density at radius 3 is 2.53 bits per heavy atom. The molecule has 19 heavy (non-hydrogen) atoms. The summed E-state index contributed by atoms with van der Waals surface area (Å²) in [6.45, 7) is 2.09. The van der Waals surface area contributed by atoms with E-state index in [9.17, 15) is 0 Å². The predicted octanol–water partition coefficient (Wildman–Crippen LogP) is 3.38. The quantitative estimate of drug-likeness (QED) is 0.758. The number of benzene rings is 2. The molecule has 0 aliphatic rings. The van der Waals surface area contributed by atoms with Gasteiger partial charge in [-0.1, -0.05) is 43.3 Å². The Balaban J connectivity index is 2.19. The molecule has 0 aliphatic heterocycles. The molecule has 3 nitrogen and oxygen atoms in total. The maximum atomic E-state index is 6.16. The van der Waals surface area contributed by atoms with Crippen LogP contribution in [0.5, 0.6) is 0 Å². The lowest BCUT2D eigenvalue weighted by atomic mass is 10.1. The molecular weight excluding hydrogens is 234 g/mol. The molecule has 0 aliphatic carbocycles. The summed E-state index contributed by atoms with van der Waals surface area (Å²) >= 11 is 0. The Morgan fingerprint density at radius 2 is 1.84 bits per heavy atom. The van der Waals surface area contributed by atoms with E-state index in [1.165, 1.54) is 10.8 Å². The van der Waals surface area contributed by atoms with Gasteiger partial charge in [-0.15, -0.1) is 0 Å². The van der Waals surface area contributed by atoms with Crippen LogP contribution in [0.3, 0.4) is 0 Å². The number of nitrogen functional groups attached to an aromatic ring is 1. The monoisotopic (exact) mass is 251 g/mol. The number of nitrogens with zero attached hydrogens (tertiary/aromatic N) is 2. The molecule has 3 heteroatoms. The van der Waals surface area contributed by atoms with E-state index in [2.05, 4.69) is 42.2 Å². The first-order valence-electron chi connectivity index (χ1n) is 6.51. The average molecular weight is 251 g/mol. The Labute approximate surface area is 112 Å². The van der Waals surface area contributed by atoms with Crippen molar-refractivity contribution >= 4 is 16.6 Å². The second kappa shape index (κ2) is 4.43. The summed E-state index contributed by atoms with van der Waals surface area (Å²) in [7, 11) is 1.96. The highest BCUT2D eigenvalue weighted by Crippen LogP contribution is 2.28. The molecule has 0 saturated carbocycles. The SMILES string of the molecule is CCc1nc(-c2ccc3ccccc3c2)c(N)n1C. The number of rotatable bonds is 2. The zero-order chi connectivity index (χ0) is 13.4. The Bertz CT molecular complexity index is 741. The van der Waals surface area contributed by atoms with Crippen LogP contribution < -0.4 is 5.73 Å². The summed E-state index contributed by atoms with van der Waals surface area (Å²) in [5.41, 5.74) is 8.11. The summed E-state index contributed by atoms with van der Waals surface area (Å²) in [6.07, 6.45) is 0.883. The third-order valence-electron chi connectivity index (χ3n) is 3.57. The number of aryl methyl sites for hydroxylation is 1. The molecule has 0 fully saturated rings. The lowest BCUT2D eigenvalue weighted by molar-refractivity contribution is 0.816. The van der Waals surface area contributed by atoms with Crippen LogP contribution in [0.25, 0.3) is 22.0 Å². The summed E-state index contributed by atoms with van der Waals surface area (Å²) < 4.78 is 1.96. The van der Waals surface area contributed by atoms with Gasteiger partial charge in [-0.3, -0.25) is 0 Å². The fourth-order valence-electron chi connectivity index (χ4n) is 2.42. The molecule has 0 saturated heterocycles. The lowest BCUT2D eigenvalue weighted by Gasteiger charge is -2.03. The first kappa shape index (κ1) is 11.8. The highest BCUT2D eigenvalue weighted by atomic mass is 15.1. The molecular formula is C16H17N3. The maximum Gasteiger partial charge on any atom is 0.131 e. The standard InChI is InChI=1S/C16H17N3/c1-3-14-18-15(16(17)19(14)2)13-9-8-11-6-4-5-7-12(11)10-13/h4-10H,3,17H2,1-2H3. The van der Waals surface area contributed by atoms with Crippen molar-refractivity contribution in [2.24, 2.45) is 7.05 Å². The molecule has 3 rings (SSSR count). The minimum atomic E-state index is 0.729. The van der Waals surface area contributed by atoms with Gasteiger partial charge < -0.3 is 10.3 Å². The van der Waals surface area contributed by atoms with E-state index in [4.69, 9.17) is 5.73 Å². The van der Waals surface area contributed by atoms with Crippen molar-refractivity contribution in [2.45, 2.75) is 13.3 Å². The van der Waals surface area contributed by atoms with Crippen molar-refractivity contribution in [2.75, 3.05) is 5.73 Å². The number of aromatic nitrogens is 2. The third-order valence-corrected chi connectivity index (χ3v) is 3.57. The van der Waals surface area contributed by atoms with Gasteiger partial charge in [0.2, 0.25) is 0 Å². The van der Waals surface area contributed by atoms with Gasteiger partial charge in [-0.25, -0.2) is 4.98 Å². The van der Waals surface area contributed by atoms with Crippen molar-refractivity contribution in [3.63, 3.8) is 0 Å². The zero-order valence-electron chi connectivity index (χ0n) is 11.2. The average Bonchev–Trinajstić information content (AvgIpc) is 2.74. The van der Waals surface area contributed by atoms with Gasteiger partial charge in [0, 0.05) is 19.0 Å². The molecule has 0 bridgehead atoms. The van der Waals surface area contributed by atoms with E-state index in [0.29, 0.717) is 0 Å². The van der Waals surface area contributed by atoms with Gasteiger partial charge in [0.1, 0.15) is 17.3 Å². The molecule has 2 aromatic carbocycles. The molecule has 0 atom stereocenters. The van der Waals surface area contributed by atoms with E-state index in [0.717, 1.165) is 29.3 Å². The van der Waals surface area contributed by atoms with Gasteiger partial charge >= 0.3 is 0 Å². The number of nitrogens with two attached hydrogens (primary N) is 1. The smallest absolute Gasteiger partial charge is 0.131 e. The molecule has 0 spiro atoms. The third kappa shape index (κ3) is 1.87. The first-order chi connectivity index (χ1) is 9.20. The summed E-state index contributed by atoms with van der Waals surface area (Å²) in [5.74, 6) is 1.74. The van der Waals surface area contributed by atoms with Crippen molar-refractivity contribution in [1.29, 1.82) is 0 Å². The number of fused-ring (bicyclic) bond motifs is 1. The number of anilines is 1. The van der Waals surface area contributed by atoms with Crippen LogP contribution in [0.1, 0.15) is 12.7 Å². The Hall–Kier alpha value is -2.29. The van der Waals surface area contributed by atoms with Gasteiger partial charge in [-0.05, 0) is 16.8 Å². The van der Waals surface area contributed by atoms with Crippen LogP contribution in [0.15, 0.2) is 42.5 Å². The molecule has 1 heterocycles. The molecule has 1 aromatic heterocycles. The highest BCUT2D eigenvalue weighted by molar-refractivity contribution is 5.88. The minimum absolute atomic E-state index is 0.729. The van der Waals surface area contributed by atoms with E-state index < -0.39 is 0 Å². The largest absolute Gasteiger partial charge is 0.383 e. The summed E-state index contributed by atoms with van der Waals surface area (Å²) in [6, 6.07) is 14.7. The molecule has 0 unspecified atom stereocenters. The van der Waals surface area contributed by atoms with Crippen molar-refractivity contribution in [3.05, 3.63) is 48.3 Å². The minimum Gasteiger partial charge on any atom is -0.383 e. The van der Waals surface area contributed by atoms with Gasteiger partial charge in [0.15, 0.2) is 0 Å². The predicted molar refractivity (Wildman–Crippen MR) is 79.9 cm³/mol. The van der Waals surface area contributed by atoms with Gasteiger partial charge in [-0.2, -0.15) is 0 Å². The first-order valence-corrected chi connectivity index (χ1v) is 6.51. The van der Waals surface area contributed by atoms with E-state index in [-0.39, 0.29) is 0 Å². The van der Waals surface area contributed by atoms with Crippen LogP contribution in [-0.4, -0.2) is 9.55 Å². The Morgan fingerprint density at radius 1 is 1.11 bits per heavy atom. The molecule has 96 valence electrons. The fraction of sp³-hybridized carbons (Fsp3) is 0.188. The summed E-state index contributed by atoms with van der Waals surface area (Å²) in [5, 5.41) is 2.44. The number of hydrogen-bond acceptors (Lipinski definition) is 2. The number of imidazole rings is 1. The number of hydrogen-bond donors (Lipinski definition) is 1. The van der Waals surface area contributed by atoms with Crippen LogP contribution in [-0.2, 0) is 13.5 Å². The van der Waals surface area contributed by atoms with Crippen molar-refractivity contribution in [3.8, 4) is 11.3 Å². The van der Waals surface area contributed by atoms with E-state index in [1.54, 1.807) is 0 Å². The van der Waals surface area contributed by atoms with E-state index in [1.807, 2.05) is 23.7 Å². The Kier molecular flexibility index (Phi) is 2.75. The topological polar surface area (TPSA) is 43.8 Å². The molecule has 0 amide bonds. The second-order valence-corrected chi connectivity index (χ2v) is 4.74. The maximum absolute atomic E-state index is 6.16. The zero-order valence-corrected chi connectivity index (χ0v) is 11.2. The van der Waals surface area contributed by atoms with E-state index >= 15 is 0 Å². The summed E-state index contributed by atoms with van der Waals surface area (Å²) in [4.78, 5) is 4.64. The molecule has 2 N–H and O–H groups in total. The molecule has 0 radical (unpaired) electrons. The van der Waals surface area contributed by atoms with Crippen LogP contribution in [0.4, 0.5) is 5.82 Å². The fourth-order valence-corrected chi connectivity index (χ4v) is 2.42. The van der Waals surface area contributed by atoms with Gasteiger partial charge in [0.25, 0.3) is 0 Å². The lowest BCUT2D eigenvalue weighted by Crippen LogP contribution is -2.00. The van der Waals surface area contributed by atoms with Crippen LogP contribution in [0, 0.1) is 0 Å². The normalized spacial score (nSPS) is 11.1. The van der Waals surface area contributed by atoms with Crippen LogP contribution >= 0.6 is 0 Å².